The SMILES string of the molecule is CC(c1cccs1)N(C)C(=O)c1ccc(N)c([N+](=O)[O-])c1. The second kappa shape index (κ2) is 5.92. The number of nitro benzene ring substituents is 1. The number of anilines is 1. The molecule has 0 aliphatic carbocycles. The standard InChI is InChI=1S/C14H15N3O3S/c1-9(13-4-3-7-21-13)16(2)14(18)10-5-6-11(15)12(8-10)17(19)20/h3-9H,15H2,1-2H3. The second-order valence-electron chi connectivity index (χ2n) is 4.64. The van der Waals surface area contributed by atoms with Gasteiger partial charge in [0.15, 0.2) is 0 Å². The average molecular weight is 305 g/mol. The molecule has 0 aliphatic heterocycles. The number of nitro groups is 1. The molecule has 21 heavy (non-hydrogen) atoms. The van der Waals surface area contributed by atoms with E-state index in [9.17, 15) is 14.9 Å². The van der Waals surface area contributed by atoms with Crippen molar-refractivity contribution in [2.24, 2.45) is 0 Å². The Kier molecular flexibility index (Phi) is 4.23. The van der Waals surface area contributed by atoms with Gasteiger partial charge in [-0.3, -0.25) is 14.9 Å². The van der Waals surface area contributed by atoms with Gasteiger partial charge in [-0.25, -0.2) is 0 Å². The van der Waals surface area contributed by atoms with Crippen molar-refractivity contribution in [3.8, 4) is 0 Å². The lowest BCUT2D eigenvalue weighted by Gasteiger charge is -2.24. The first-order valence-corrected chi connectivity index (χ1v) is 7.14. The smallest absolute Gasteiger partial charge is 0.292 e. The normalized spacial score (nSPS) is 11.9. The molecule has 0 saturated carbocycles. The Balaban J connectivity index is 2.27. The van der Waals surface area contributed by atoms with Crippen molar-refractivity contribution in [3.05, 3.63) is 56.3 Å². The Morgan fingerprint density at radius 2 is 2.14 bits per heavy atom. The number of hydrogen-bond acceptors (Lipinski definition) is 5. The number of nitrogens with two attached hydrogens (primary N) is 1. The van der Waals surface area contributed by atoms with E-state index in [1.807, 2.05) is 24.4 Å². The second-order valence-corrected chi connectivity index (χ2v) is 5.62. The molecule has 2 rings (SSSR count). The number of hydrogen-bond donors (Lipinski definition) is 1. The minimum Gasteiger partial charge on any atom is -0.393 e. The maximum absolute atomic E-state index is 12.4. The molecule has 1 aromatic heterocycles. The largest absolute Gasteiger partial charge is 0.393 e. The summed E-state index contributed by atoms with van der Waals surface area (Å²) in [6, 6.07) is 7.87. The van der Waals surface area contributed by atoms with Gasteiger partial charge < -0.3 is 10.6 Å². The Hall–Kier alpha value is -2.41. The zero-order valence-corrected chi connectivity index (χ0v) is 12.5. The lowest BCUT2D eigenvalue weighted by molar-refractivity contribution is -0.383. The van der Waals surface area contributed by atoms with Crippen LogP contribution in [0.4, 0.5) is 11.4 Å². The maximum Gasteiger partial charge on any atom is 0.292 e. The summed E-state index contributed by atoms with van der Waals surface area (Å²) in [5.41, 5.74) is 5.59. The van der Waals surface area contributed by atoms with Crippen LogP contribution in [-0.4, -0.2) is 22.8 Å². The molecule has 7 heteroatoms. The number of benzene rings is 1. The van der Waals surface area contributed by atoms with Crippen LogP contribution < -0.4 is 5.73 Å². The zero-order chi connectivity index (χ0) is 15.6. The number of carbonyl (C=O) groups excluding carboxylic acids is 1. The van der Waals surface area contributed by atoms with Gasteiger partial charge in [0.05, 0.1) is 11.0 Å². The van der Waals surface area contributed by atoms with E-state index in [4.69, 9.17) is 5.73 Å². The monoisotopic (exact) mass is 305 g/mol. The van der Waals surface area contributed by atoms with Crippen molar-refractivity contribution in [2.45, 2.75) is 13.0 Å². The lowest BCUT2D eigenvalue weighted by atomic mass is 10.1. The average Bonchev–Trinajstić information content (AvgIpc) is 2.99. The molecule has 110 valence electrons. The molecule has 0 bridgehead atoms. The predicted octanol–water partition coefficient (Wildman–Crippen LogP) is 3.07. The van der Waals surface area contributed by atoms with Gasteiger partial charge in [-0.05, 0) is 30.5 Å². The van der Waals surface area contributed by atoms with E-state index >= 15 is 0 Å². The highest BCUT2D eigenvalue weighted by Crippen LogP contribution is 2.27. The fraction of sp³-hybridized carbons (Fsp3) is 0.214. The first-order chi connectivity index (χ1) is 9.91. The van der Waals surface area contributed by atoms with Crippen molar-refractivity contribution in [3.63, 3.8) is 0 Å². The van der Waals surface area contributed by atoms with E-state index in [2.05, 4.69) is 0 Å². The molecule has 0 radical (unpaired) electrons. The Morgan fingerprint density at radius 3 is 2.71 bits per heavy atom. The van der Waals surface area contributed by atoms with E-state index < -0.39 is 4.92 Å². The third-order valence-electron chi connectivity index (χ3n) is 3.33. The quantitative estimate of drug-likeness (QED) is 0.534. The van der Waals surface area contributed by atoms with Gasteiger partial charge in [0.1, 0.15) is 5.69 Å². The summed E-state index contributed by atoms with van der Waals surface area (Å²) in [7, 11) is 1.68. The molecule has 2 N–H and O–H groups in total. The molecule has 6 nitrogen and oxygen atoms in total. The van der Waals surface area contributed by atoms with Crippen LogP contribution in [-0.2, 0) is 0 Å². The van der Waals surface area contributed by atoms with Gasteiger partial charge in [0, 0.05) is 23.6 Å². The number of amides is 1. The summed E-state index contributed by atoms with van der Waals surface area (Å²) < 4.78 is 0. The van der Waals surface area contributed by atoms with Crippen LogP contribution in [0.5, 0.6) is 0 Å². The highest BCUT2D eigenvalue weighted by Gasteiger charge is 2.22. The van der Waals surface area contributed by atoms with Crippen LogP contribution in [0.25, 0.3) is 0 Å². The molecule has 1 amide bonds. The molecule has 1 atom stereocenters. The molecule has 2 aromatic rings. The molecule has 1 unspecified atom stereocenters. The van der Waals surface area contributed by atoms with Crippen LogP contribution in [0, 0.1) is 10.1 Å². The summed E-state index contributed by atoms with van der Waals surface area (Å²) in [6.07, 6.45) is 0. The molecule has 1 aromatic carbocycles. The summed E-state index contributed by atoms with van der Waals surface area (Å²) in [5, 5.41) is 12.8. The number of rotatable bonds is 4. The highest BCUT2D eigenvalue weighted by atomic mass is 32.1. The first-order valence-electron chi connectivity index (χ1n) is 6.26. The maximum atomic E-state index is 12.4. The lowest BCUT2D eigenvalue weighted by Crippen LogP contribution is -2.29. The Morgan fingerprint density at radius 1 is 1.43 bits per heavy atom. The molecule has 0 spiro atoms. The molecule has 0 fully saturated rings. The number of nitrogen functional groups attached to an aromatic ring is 1. The predicted molar refractivity (Wildman–Crippen MR) is 82.3 cm³/mol. The van der Waals surface area contributed by atoms with Gasteiger partial charge in [-0.15, -0.1) is 11.3 Å². The van der Waals surface area contributed by atoms with Crippen molar-refractivity contribution >= 4 is 28.6 Å². The van der Waals surface area contributed by atoms with Gasteiger partial charge in [0.25, 0.3) is 11.6 Å². The van der Waals surface area contributed by atoms with Gasteiger partial charge in [-0.2, -0.15) is 0 Å². The minimum absolute atomic E-state index is 0.0468. The summed E-state index contributed by atoms with van der Waals surface area (Å²) in [6.45, 7) is 1.91. The summed E-state index contributed by atoms with van der Waals surface area (Å²) in [4.78, 5) is 25.3. The van der Waals surface area contributed by atoms with Gasteiger partial charge >= 0.3 is 0 Å². The van der Waals surface area contributed by atoms with E-state index in [-0.39, 0.29) is 28.9 Å². The van der Waals surface area contributed by atoms with Crippen LogP contribution in [0.15, 0.2) is 35.7 Å². The van der Waals surface area contributed by atoms with Crippen molar-refractivity contribution in [2.75, 3.05) is 12.8 Å². The van der Waals surface area contributed by atoms with Gasteiger partial charge in [-0.1, -0.05) is 6.07 Å². The number of carbonyl (C=O) groups is 1. The molecular weight excluding hydrogens is 290 g/mol. The molecule has 0 saturated heterocycles. The van der Waals surface area contributed by atoms with E-state index in [1.54, 1.807) is 23.3 Å². The van der Waals surface area contributed by atoms with E-state index in [0.717, 1.165) is 4.88 Å². The zero-order valence-electron chi connectivity index (χ0n) is 11.6. The third-order valence-corrected chi connectivity index (χ3v) is 4.37. The first kappa shape index (κ1) is 15.0. The Bertz CT molecular complexity index is 670. The topological polar surface area (TPSA) is 89.5 Å². The van der Waals surface area contributed by atoms with Gasteiger partial charge in [0.2, 0.25) is 0 Å². The number of nitrogens with zero attached hydrogens (tertiary/aromatic N) is 2. The van der Waals surface area contributed by atoms with E-state index in [1.165, 1.54) is 18.2 Å². The van der Waals surface area contributed by atoms with Crippen LogP contribution in [0.1, 0.15) is 28.2 Å². The minimum atomic E-state index is -0.588. The van der Waals surface area contributed by atoms with Crippen molar-refractivity contribution in [1.82, 2.24) is 4.90 Å². The van der Waals surface area contributed by atoms with E-state index in [0.29, 0.717) is 0 Å². The van der Waals surface area contributed by atoms with Crippen LogP contribution >= 0.6 is 11.3 Å². The number of thiophene rings is 1. The summed E-state index contributed by atoms with van der Waals surface area (Å²) >= 11 is 1.56. The fourth-order valence-corrected chi connectivity index (χ4v) is 2.76. The molecule has 0 aliphatic rings. The van der Waals surface area contributed by atoms with Crippen molar-refractivity contribution < 1.29 is 9.72 Å². The third kappa shape index (κ3) is 3.03. The fourth-order valence-electron chi connectivity index (χ4n) is 1.93. The Labute approximate surface area is 126 Å². The summed E-state index contributed by atoms with van der Waals surface area (Å²) in [5.74, 6) is -0.279. The van der Waals surface area contributed by atoms with Crippen LogP contribution in [0.2, 0.25) is 0 Å². The van der Waals surface area contributed by atoms with Crippen LogP contribution in [0.3, 0.4) is 0 Å². The van der Waals surface area contributed by atoms with Crippen molar-refractivity contribution in [1.29, 1.82) is 0 Å². The highest BCUT2D eigenvalue weighted by molar-refractivity contribution is 7.10. The molecule has 1 heterocycles. The molecular formula is C14H15N3O3S.